The number of halogens is 2. The molecule has 0 fully saturated rings. The normalized spacial score (nSPS) is 11.0. The number of nitrogens with zero attached hydrogens (tertiary/aromatic N) is 3. The number of thiocarbonyl (C=S) groups is 1. The van der Waals surface area contributed by atoms with Gasteiger partial charge in [0.1, 0.15) is 11.0 Å². The lowest BCUT2D eigenvalue weighted by molar-refractivity contribution is 0.627. The molecule has 0 bridgehead atoms. The van der Waals surface area contributed by atoms with E-state index in [0.717, 1.165) is 11.3 Å². The quantitative estimate of drug-likeness (QED) is 0.361. The third kappa shape index (κ3) is 4.37. The van der Waals surface area contributed by atoms with Gasteiger partial charge < -0.3 is 5.32 Å². The van der Waals surface area contributed by atoms with Crippen LogP contribution in [0.25, 0.3) is 5.69 Å². The molecule has 0 unspecified atom stereocenters. The third-order valence-corrected chi connectivity index (χ3v) is 4.89. The van der Waals surface area contributed by atoms with Crippen molar-refractivity contribution in [3.63, 3.8) is 0 Å². The molecule has 0 atom stereocenters. The molecule has 0 aliphatic rings. The highest BCUT2D eigenvalue weighted by atomic mass is 35.5. The van der Waals surface area contributed by atoms with Gasteiger partial charge in [0.2, 0.25) is 0 Å². The van der Waals surface area contributed by atoms with Crippen molar-refractivity contribution >= 4 is 40.8 Å². The molecule has 2 aromatic carbocycles. The van der Waals surface area contributed by atoms with Gasteiger partial charge in [-0.15, -0.1) is 0 Å². The molecular formula is C20H19ClFN5S. The molecule has 0 spiro atoms. The minimum Gasteiger partial charge on any atom is -0.331 e. The summed E-state index contributed by atoms with van der Waals surface area (Å²) in [5.41, 5.74) is 7.99. The summed E-state index contributed by atoms with van der Waals surface area (Å²) >= 11 is 11.7. The molecule has 0 aliphatic carbocycles. The van der Waals surface area contributed by atoms with Gasteiger partial charge in [0.05, 0.1) is 23.2 Å². The number of hydrazone groups is 1. The molecule has 1 aromatic heterocycles. The Hall–Kier alpha value is -2.77. The summed E-state index contributed by atoms with van der Waals surface area (Å²) < 4.78 is 14.7. The van der Waals surface area contributed by atoms with Gasteiger partial charge >= 0.3 is 0 Å². The Labute approximate surface area is 173 Å². The van der Waals surface area contributed by atoms with E-state index in [1.165, 1.54) is 22.4 Å². The first-order valence-corrected chi connectivity index (χ1v) is 9.32. The summed E-state index contributed by atoms with van der Waals surface area (Å²) in [6, 6.07) is 11.9. The third-order valence-electron chi connectivity index (χ3n) is 4.33. The largest absolute Gasteiger partial charge is 0.331 e. The number of nitrogens with one attached hydrogen (secondary N) is 2. The van der Waals surface area contributed by atoms with Crippen LogP contribution in [0.2, 0.25) is 5.15 Å². The van der Waals surface area contributed by atoms with Crippen LogP contribution in [0.5, 0.6) is 0 Å². The van der Waals surface area contributed by atoms with Gasteiger partial charge in [0.15, 0.2) is 5.11 Å². The van der Waals surface area contributed by atoms with Crippen molar-refractivity contribution in [2.75, 3.05) is 5.32 Å². The second kappa shape index (κ2) is 8.50. The Morgan fingerprint density at radius 1 is 1.18 bits per heavy atom. The first-order valence-electron chi connectivity index (χ1n) is 8.54. The minimum atomic E-state index is -0.320. The second-order valence-corrected chi connectivity index (χ2v) is 7.02. The molecule has 1 heterocycles. The second-order valence-electron chi connectivity index (χ2n) is 6.25. The molecular weight excluding hydrogens is 397 g/mol. The molecule has 0 saturated carbocycles. The van der Waals surface area contributed by atoms with Crippen molar-refractivity contribution in [1.29, 1.82) is 0 Å². The molecule has 0 saturated heterocycles. The Kier molecular flexibility index (Phi) is 6.06. The highest BCUT2D eigenvalue weighted by Gasteiger charge is 2.13. The van der Waals surface area contributed by atoms with Crippen molar-refractivity contribution in [3.05, 3.63) is 75.8 Å². The maximum absolute atomic E-state index is 13.1. The summed E-state index contributed by atoms with van der Waals surface area (Å²) in [6.07, 6.45) is 1.56. The van der Waals surface area contributed by atoms with Gasteiger partial charge in [-0.25, -0.2) is 9.07 Å². The highest BCUT2D eigenvalue weighted by molar-refractivity contribution is 7.80. The van der Waals surface area contributed by atoms with Crippen molar-refractivity contribution < 1.29 is 4.39 Å². The molecule has 2 N–H and O–H groups in total. The lowest BCUT2D eigenvalue weighted by atomic mass is 10.1. The first kappa shape index (κ1) is 20.0. The highest BCUT2D eigenvalue weighted by Crippen LogP contribution is 2.22. The fourth-order valence-corrected chi connectivity index (χ4v) is 3.09. The van der Waals surface area contributed by atoms with E-state index in [2.05, 4.69) is 20.9 Å². The van der Waals surface area contributed by atoms with Crippen LogP contribution >= 0.6 is 23.8 Å². The van der Waals surface area contributed by atoms with E-state index < -0.39 is 0 Å². The molecule has 0 radical (unpaired) electrons. The van der Waals surface area contributed by atoms with E-state index in [-0.39, 0.29) is 5.82 Å². The Bertz CT molecular complexity index is 1040. The SMILES string of the molecule is Cc1cccc(NC(=S)N/N=C/c2c(C)nn(-c3ccc(F)cc3)c2Cl)c1C. The van der Waals surface area contributed by atoms with Crippen LogP contribution in [0.3, 0.4) is 0 Å². The summed E-state index contributed by atoms with van der Waals surface area (Å²) in [5, 5.41) is 12.4. The molecule has 0 aliphatic heterocycles. The predicted molar refractivity (Wildman–Crippen MR) is 116 cm³/mol. The molecule has 3 aromatic rings. The first-order chi connectivity index (χ1) is 13.4. The fraction of sp³-hybridized carbons (Fsp3) is 0.150. The average Bonchev–Trinajstić information content (AvgIpc) is 2.94. The molecule has 5 nitrogen and oxygen atoms in total. The standard InChI is InChI=1S/C20H19ClFN5S/c1-12-5-4-6-18(13(12)2)24-20(28)25-23-11-17-14(3)26-27(19(17)21)16-9-7-15(22)8-10-16/h4-11H,1-3H3,(H2,24,25,28)/b23-11+. The van der Waals surface area contributed by atoms with Crippen molar-refractivity contribution in [2.45, 2.75) is 20.8 Å². The minimum absolute atomic E-state index is 0.320. The summed E-state index contributed by atoms with van der Waals surface area (Å²) in [7, 11) is 0. The molecule has 144 valence electrons. The smallest absolute Gasteiger partial charge is 0.191 e. The van der Waals surface area contributed by atoms with E-state index in [4.69, 9.17) is 23.8 Å². The number of hydrogen-bond acceptors (Lipinski definition) is 3. The van der Waals surface area contributed by atoms with Crippen molar-refractivity contribution in [3.8, 4) is 5.69 Å². The summed E-state index contributed by atoms with van der Waals surface area (Å²) in [4.78, 5) is 0. The number of aryl methyl sites for hydroxylation is 2. The average molecular weight is 416 g/mol. The topological polar surface area (TPSA) is 54.2 Å². The van der Waals surface area contributed by atoms with Gasteiger partial charge in [0.25, 0.3) is 0 Å². The van der Waals surface area contributed by atoms with Crippen LogP contribution < -0.4 is 10.7 Å². The van der Waals surface area contributed by atoms with Crippen LogP contribution in [0.4, 0.5) is 10.1 Å². The van der Waals surface area contributed by atoms with E-state index in [1.54, 1.807) is 18.3 Å². The predicted octanol–water partition coefficient (Wildman–Crippen LogP) is 4.91. The van der Waals surface area contributed by atoms with Crippen LogP contribution in [-0.2, 0) is 0 Å². The van der Waals surface area contributed by atoms with Crippen LogP contribution in [-0.4, -0.2) is 21.1 Å². The van der Waals surface area contributed by atoms with Gasteiger partial charge in [-0.3, -0.25) is 5.43 Å². The monoisotopic (exact) mass is 415 g/mol. The van der Waals surface area contributed by atoms with Gasteiger partial charge in [-0.2, -0.15) is 10.2 Å². The van der Waals surface area contributed by atoms with Gasteiger partial charge in [0, 0.05) is 5.69 Å². The van der Waals surface area contributed by atoms with Crippen molar-refractivity contribution in [2.24, 2.45) is 5.10 Å². The number of hydrogen-bond donors (Lipinski definition) is 2. The molecule has 0 amide bonds. The summed E-state index contributed by atoms with van der Waals surface area (Å²) in [6.45, 7) is 5.88. The van der Waals surface area contributed by atoms with Crippen LogP contribution in [0, 0.1) is 26.6 Å². The zero-order chi connectivity index (χ0) is 20.3. The number of benzene rings is 2. The number of aromatic nitrogens is 2. The molecule has 28 heavy (non-hydrogen) atoms. The van der Waals surface area contributed by atoms with Gasteiger partial charge in [-0.1, -0.05) is 23.7 Å². The van der Waals surface area contributed by atoms with Gasteiger partial charge in [-0.05, 0) is 74.4 Å². The fourth-order valence-electron chi connectivity index (χ4n) is 2.60. The maximum Gasteiger partial charge on any atom is 0.191 e. The van der Waals surface area contributed by atoms with Crippen LogP contribution in [0.15, 0.2) is 47.6 Å². The van der Waals surface area contributed by atoms with E-state index in [0.29, 0.717) is 27.2 Å². The Balaban J connectivity index is 1.71. The molecule has 8 heteroatoms. The van der Waals surface area contributed by atoms with E-state index >= 15 is 0 Å². The van der Waals surface area contributed by atoms with E-state index in [1.807, 2.05) is 39.0 Å². The zero-order valence-electron chi connectivity index (χ0n) is 15.6. The van der Waals surface area contributed by atoms with Crippen LogP contribution in [0.1, 0.15) is 22.4 Å². The summed E-state index contributed by atoms with van der Waals surface area (Å²) in [5.74, 6) is -0.320. The van der Waals surface area contributed by atoms with E-state index in [9.17, 15) is 4.39 Å². The Morgan fingerprint density at radius 2 is 1.89 bits per heavy atom. The lowest BCUT2D eigenvalue weighted by Crippen LogP contribution is -2.24. The molecule has 3 rings (SSSR count). The van der Waals surface area contributed by atoms with Crippen molar-refractivity contribution in [1.82, 2.24) is 15.2 Å². The number of rotatable bonds is 4. The maximum atomic E-state index is 13.1. The lowest BCUT2D eigenvalue weighted by Gasteiger charge is -2.11. The number of anilines is 1. The zero-order valence-corrected chi connectivity index (χ0v) is 17.2. The Morgan fingerprint density at radius 3 is 2.61 bits per heavy atom.